The predicted octanol–water partition coefficient (Wildman–Crippen LogP) is 5.28. The molecule has 0 saturated carbocycles. The second-order valence-corrected chi connectivity index (χ2v) is 8.30. The Hall–Kier alpha value is -3.98. The number of benzene rings is 1. The van der Waals surface area contributed by atoms with Gasteiger partial charge in [0.25, 0.3) is 5.91 Å². The summed E-state index contributed by atoms with van der Waals surface area (Å²) in [5.74, 6) is 1.12. The average Bonchev–Trinajstić information content (AvgIpc) is 3.40. The maximum atomic E-state index is 12.4. The van der Waals surface area contributed by atoms with Gasteiger partial charge in [-0.05, 0) is 56.2 Å². The fourth-order valence-electron chi connectivity index (χ4n) is 3.01. The Kier molecular flexibility index (Phi) is 6.50. The van der Waals surface area contributed by atoms with Gasteiger partial charge in [0.05, 0.1) is 35.8 Å². The normalized spacial score (nSPS) is 10.6. The Morgan fingerprint density at radius 1 is 1.06 bits per heavy atom. The van der Waals surface area contributed by atoms with Crippen LogP contribution in [-0.4, -0.2) is 21.8 Å². The van der Waals surface area contributed by atoms with E-state index in [-0.39, 0.29) is 18.2 Å². The highest BCUT2D eigenvalue weighted by atomic mass is 32.1. The number of amides is 2. The van der Waals surface area contributed by atoms with Gasteiger partial charge in [-0.25, -0.2) is 9.97 Å². The third-order valence-electron chi connectivity index (χ3n) is 4.94. The molecule has 0 saturated heterocycles. The molecule has 0 unspecified atom stereocenters. The quantitative estimate of drug-likeness (QED) is 0.387. The molecule has 0 radical (unpaired) electrons. The number of hydrogen-bond donors (Lipinski definition) is 2. The standard InChI is InChI=1S/C24H22N4O4S/c1-14-4-6-19(10-15(14)2)32-22-7-5-17(12-25-22)26-21(29)11-18-13-33-24(27-18)28-23(30)20-8-9-31-16(20)3/h4-10,12-13H,11H2,1-3H3,(H,26,29)(H,27,28,30). The lowest BCUT2D eigenvalue weighted by Crippen LogP contribution is -2.15. The van der Waals surface area contributed by atoms with Crippen LogP contribution in [0.25, 0.3) is 0 Å². The van der Waals surface area contributed by atoms with Gasteiger partial charge in [0.2, 0.25) is 11.8 Å². The van der Waals surface area contributed by atoms with Gasteiger partial charge in [0, 0.05) is 11.4 Å². The van der Waals surface area contributed by atoms with E-state index < -0.39 is 0 Å². The van der Waals surface area contributed by atoms with E-state index in [1.807, 2.05) is 32.0 Å². The van der Waals surface area contributed by atoms with Crippen molar-refractivity contribution in [2.24, 2.45) is 0 Å². The first-order valence-corrected chi connectivity index (χ1v) is 11.1. The van der Waals surface area contributed by atoms with Crippen LogP contribution < -0.4 is 15.4 Å². The largest absolute Gasteiger partial charge is 0.469 e. The Balaban J connectivity index is 1.30. The van der Waals surface area contributed by atoms with Gasteiger partial charge in [-0.1, -0.05) is 6.07 Å². The SMILES string of the molecule is Cc1ccc(Oc2ccc(NC(=O)Cc3csc(NC(=O)c4ccoc4C)n3)cn2)cc1C. The molecule has 4 rings (SSSR count). The smallest absolute Gasteiger partial charge is 0.260 e. The minimum absolute atomic E-state index is 0.0675. The predicted molar refractivity (Wildman–Crippen MR) is 126 cm³/mol. The highest BCUT2D eigenvalue weighted by Gasteiger charge is 2.14. The number of anilines is 2. The van der Waals surface area contributed by atoms with E-state index in [1.54, 1.807) is 30.5 Å². The minimum atomic E-state index is -0.305. The Bertz CT molecular complexity index is 1290. The van der Waals surface area contributed by atoms with Crippen molar-refractivity contribution in [3.63, 3.8) is 0 Å². The zero-order chi connectivity index (χ0) is 23.4. The van der Waals surface area contributed by atoms with Crippen molar-refractivity contribution in [1.29, 1.82) is 0 Å². The van der Waals surface area contributed by atoms with Gasteiger partial charge < -0.3 is 14.5 Å². The van der Waals surface area contributed by atoms with Crippen LogP contribution in [0.4, 0.5) is 10.8 Å². The van der Waals surface area contributed by atoms with Crippen molar-refractivity contribution >= 4 is 34.0 Å². The van der Waals surface area contributed by atoms with Crippen LogP contribution >= 0.6 is 11.3 Å². The van der Waals surface area contributed by atoms with Crippen LogP contribution in [0.5, 0.6) is 11.6 Å². The first-order chi connectivity index (χ1) is 15.9. The second-order valence-electron chi connectivity index (χ2n) is 7.45. The topological polar surface area (TPSA) is 106 Å². The first kappa shape index (κ1) is 22.2. The number of carbonyl (C=O) groups excluding carboxylic acids is 2. The molecule has 0 spiro atoms. The maximum Gasteiger partial charge on any atom is 0.260 e. The summed E-state index contributed by atoms with van der Waals surface area (Å²) in [6.45, 7) is 5.77. The number of pyridine rings is 1. The van der Waals surface area contributed by atoms with E-state index in [2.05, 4.69) is 20.6 Å². The van der Waals surface area contributed by atoms with Crippen LogP contribution in [0.15, 0.2) is 58.7 Å². The lowest BCUT2D eigenvalue weighted by atomic mass is 10.1. The van der Waals surface area contributed by atoms with Gasteiger partial charge in [-0.2, -0.15) is 0 Å². The van der Waals surface area contributed by atoms with Crippen molar-refractivity contribution in [3.8, 4) is 11.6 Å². The van der Waals surface area contributed by atoms with Gasteiger partial charge in [0.1, 0.15) is 11.5 Å². The molecular weight excluding hydrogens is 440 g/mol. The van der Waals surface area contributed by atoms with Crippen molar-refractivity contribution in [3.05, 3.63) is 82.4 Å². The lowest BCUT2D eigenvalue weighted by Gasteiger charge is -2.08. The summed E-state index contributed by atoms with van der Waals surface area (Å²) >= 11 is 1.25. The van der Waals surface area contributed by atoms with Crippen molar-refractivity contribution in [1.82, 2.24) is 9.97 Å². The molecule has 33 heavy (non-hydrogen) atoms. The zero-order valence-corrected chi connectivity index (χ0v) is 19.2. The summed E-state index contributed by atoms with van der Waals surface area (Å²) in [6.07, 6.45) is 3.06. The lowest BCUT2D eigenvalue weighted by molar-refractivity contribution is -0.115. The third-order valence-corrected chi connectivity index (χ3v) is 5.74. The monoisotopic (exact) mass is 462 g/mol. The number of nitrogens with zero attached hydrogens (tertiary/aromatic N) is 2. The average molecular weight is 463 g/mol. The molecule has 0 aliphatic carbocycles. The van der Waals surface area contributed by atoms with Crippen LogP contribution in [0, 0.1) is 20.8 Å². The number of carbonyl (C=O) groups is 2. The van der Waals surface area contributed by atoms with E-state index in [0.29, 0.717) is 39.5 Å². The molecule has 2 amide bonds. The molecule has 9 heteroatoms. The number of furan rings is 1. The molecule has 0 fully saturated rings. The van der Waals surface area contributed by atoms with Crippen molar-refractivity contribution < 1.29 is 18.7 Å². The van der Waals surface area contributed by atoms with E-state index in [1.165, 1.54) is 29.4 Å². The van der Waals surface area contributed by atoms with Gasteiger partial charge >= 0.3 is 0 Å². The second kappa shape index (κ2) is 9.66. The number of thiazole rings is 1. The summed E-state index contributed by atoms with van der Waals surface area (Å²) in [6, 6.07) is 10.8. The van der Waals surface area contributed by atoms with Gasteiger partial charge in [0.15, 0.2) is 5.13 Å². The molecule has 1 aromatic carbocycles. The Morgan fingerprint density at radius 3 is 2.61 bits per heavy atom. The van der Waals surface area contributed by atoms with E-state index in [4.69, 9.17) is 9.15 Å². The number of aromatic nitrogens is 2. The number of rotatable bonds is 7. The summed E-state index contributed by atoms with van der Waals surface area (Å²) in [5, 5.41) is 7.65. The van der Waals surface area contributed by atoms with E-state index >= 15 is 0 Å². The van der Waals surface area contributed by atoms with Crippen LogP contribution in [-0.2, 0) is 11.2 Å². The minimum Gasteiger partial charge on any atom is -0.469 e. The van der Waals surface area contributed by atoms with Crippen LogP contribution in [0.1, 0.15) is 32.9 Å². The first-order valence-electron chi connectivity index (χ1n) is 10.2. The molecule has 168 valence electrons. The Labute approximate surface area is 194 Å². The summed E-state index contributed by atoms with van der Waals surface area (Å²) in [7, 11) is 0. The fourth-order valence-corrected chi connectivity index (χ4v) is 3.72. The molecule has 0 aliphatic heterocycles. The molecule has 0 aliphatic rings. The van der Waals surface area contributed by atoms with Gasteiger partial charge in [-0.15, -0.1) is 11.3 Å². The molecule has 4 aromatic rings. The molecule has 0 atom stereocenters. The molecule has 3 heterocycles. The summed E-state index contributed by atoms with van der Waals surface area (Å²) in [4.78, 5) is 33.2. The highest BCUT2D eigenvalue weighted by Crippen LogP contribution is 2.23. The number of hydrogen-bond acceptors (Lipinski definition) is 7. The molecule has 2 N–H and O–H groups in total. The van der Waals surface area contributed by atoms with Crippen molar-refractivity contribution in [2.75, 3.05) is 10.6 Å². The van der Waals surface area contributed by atoms with Crippen molar-refractivity contribution in [2.45, 2.75) is 27.2 Å². The fraction of sp³-hybridized carbons (Fsp3) is 0.167. The third kappa shape index (κ3) is 5.64. The molecule has 0 bridgehead atoms. The highest BCUT2D eigenvalue weighted by molar-refractivity contribution is 7.14. The Morgan fingerprint density at radius 2 is 1.91 bits per heavy atom. The maximum absolute atomic E-state index is 12.4. The number of nitrogens with one attached hydrogen (secondary N) is 2. The molecule has 8 nitrogen and oxygen atoms in total. The summed E-state index contributed by atoms with van der Waals surface area (Å²) < 4.78 is 10.9. The van der Waals surface area contributed by atoms with Crippen LogP contribution in [0.2, 0.25) is 0 Å². The van der Waals surface area contributed by atoms with E-state index in [9.17, 15) is 9.59 Å². The zero-order valence-electron chi connectivity index (χ0n) is 18.3. The van der Waals surface area contributed by atoms with Crippen LogP contribution in [0.3, 0.4) is 0 Å². The molecule has 3 aromatic heterocycles. The van der Waals surface area contributed by atoms with E-state index in [0.717, 1.165) is 5.56 Å². The number of ether oxygens (including phenoxy) is 1. The molecular formula is C24H22N4O4S. The number of aryl methyl sites for hydroxylation is 3. The summed E-state index contributed by atoms with van der Waals surface area (Å²) in [5.41, 5.74) is 3.88. The van der Waals surface area contributed by atoms with Gasteiger partial charge in [-0.3, -0.25) is 14.9 Å².